The Hall–Kier alpha value is 0.0600. The Bertz CT molecular complexity index is 303. The lowest BCUT2D eigenvalue weighted by Gasteiger charge is -2.28. The maximum Gasteiger partial charge on any atom is 0.248 e. The number of hydrogen-bond acceptors (Lipinski definition) is 6. The molecule has 0 aliphatic carbocycles. The van der Waals surface area contributed by atoms with Gasteiger partial charge in [0.25, 0.3) is 0 Å². The van der Waals surface area contributed by atoms with E-state index in [9.17, 15) is 4.89 Å². The molecule has 122 valence electrons. The van der Waals surface area contributed by atoms with Crippen LogP contribution in [0.5, 0.6) is 0 Å². The van der Waals surface area contributed by atoms with Gasteiger partial charge in [0.2, 0.25) is 7.57 Å². The van der Waals surface area contributed by atoms with Gasteiger partial charge in [-0.25, -0.2) is 0 Å². The van der Waals surface area contributed by atoms with Crippen LogP contribution in [-0.2, 0) is 9.05 Å². The maximum absolute atomic E-state index is 10.0. The predicted molar refractivity (Wildman–Crippen MR) is 85.0 cm³/mol. The van der Waals surface area contributed by atoms with Gasteiger partial charge in [0.1, 0.15) is 0 Å². The van der Waals surface area contributed by atoms with Crippen molar-refractivity contribution in [3.63, 3.8) is 0 Å². The number of hydrogen-bond donors (Lipinski definition) is 4. The topological polar surface area (TPSA) is 83.0 Å². The van der Waals surface area contributed by atoms with E-state index >= 15 is 0 Å². The minimum atomic E-state index is -3.10. The SMILES string of the molecule is C=P(O)(OCC(CO)NC)OCC(CC(C)(C)C)NC. The van der Waals surface area contributed by atoms with Gasteiger partial charge in [-0.2, -0.15) is 0 Å². The van der Waals surface area contributed by atoms with E-state index in [1.807, 2.05) is 7.05 Å². The molecule has 0 aromatic carbocycles. The molecule has 0 heterocycles. The molecule has 3 unspecified atom stereocenters. The summed E-state index contributed by atoms with van der Waals surface area (Å²) in [5.74, 6) is 0. The van der Waals surface area contributed by atoms with E-state index in [0.717, 1.165) is 6.42 Å². The van der Waals surface area contributed by atoms with Gasteiger partial charge in [0, 0.05) is 6.04 Å². The molecule has 0 aliphatic heterocycles. The van der Waals surface area contributed by atoms with Crippen molar-refractivity contribution in [2.75, 3.05) is 33.9 Å². The van der Waals surface area contributed by atoms with Gasteiger partial charge in [-0.15, -0.1) is 0 Å². The first-order valence-electron chi connectivity index (χ1n) is 6.84. The Labute approximate surface area is 123 Å². The molecule has 4 N–H and O–H groups in total. The molecule has 6 nitrogen and oxygen atoms in total. The standard InChI is InChI=1S/C13H31N2O4P/c1-13(2,3)7-11(14-4)9-18-20(6,17)19-10-12(8-16)15-5/h11-12,14-17H,6-10H2,1-5H3. The molecule has 0 aliphatic rings. The van der Waals surface area contributed by atoms with Crippen LogP contribution in [0.3, 0.4) is 0 Å². The Morgan fingerprint density at radius 2 is 1.55 bits per heavy atom. The number of likely N-dealkylation sites (N-methyl/N-ethyl adjacent to an activating group) is 2. The van der Waals surface area contributed by atoms with Crippen LogP contribution in [0.2, 0.25) is 0 Å². The zero-order valence-electron chi connectivity index (χ0n) is 13.3. The van der Waals surface area contributed by atoms with E-state index in [1.165, 1.54) is 0 Å². The van der Waals surface area contributed by atoms with E-state index in [2.05, 4.69) is 37.7 Å². The van der Waals surface area contributed by atoms with Crippen molar-refractivity contribution < 1.29 is 19.0 Å². The van der Waals surface area contributed by atoms with Gasteiger partial charge in [-0.05, 0) is 32.2 Å². The Morgan fingerprint density at radius 3 is 1.90 bits per heavy atom. The molecule has 0 spiro atoms. The second-order valence-corrected chi connectivity index (χ2v) is 7.94. The highest BCUT2D eigenvalue weighted by molar-refractivity contribution is 7.58. The molecular formula is C13H31N2O4P. The zero-order valence-corrected chi connectivity index (χ0v) is 14.2. The third-order valence-electron chi connectivity index (χ3n) is 2.85. The summed E-state index contributed by atoms with van der Waals surface area (Å²) in [4.78, 5) is 10.0. The summed E-state index contributed by atoms with van der Waals surface area (Å²) in [5, 5.41) is 15.1. The van der Waals surface area contributed by atoms with E-state index in [4.69, 9.17) is 14.2 Å². The molecular weight excluding hydrogens is 279 g/mol. The van der Waals surface area contributed by atoms with Crippen molar-refractivity contribution in [2.24, 2.45) is 5.41 Å². The third kappa shape index (κ3) is 9.88. The minimum Gasteiger partial charge on any atom is -0.395 e. The van der Waals surface area contributed by atoms with E-state index < -0.39 is 7.57 Å². The van der Waals surface area contributed by atoms with Gasteiger partial charge in [-0.3, -0.25) is 0 Å². The third-order valence-corrected chi connectivity index (χ3v) is 3.96. The van der Waals surface area contributed by atoms with Crippen LogP contribution >= 0.6 is 7.57 Å². The van der Waals surface area contributed by atoms with Gasteiger partial charge >= 0.3 is 0 Å². The van der Waals surface area contributed by atoms with E-state index in [0.29, 0.717) is 6.61 Å². The quantitative estimate of drug-likeness (QED) is 0.447. The highest BCUT2D eigenvalue weighted by Crippen LogP contribution is 2.43. The van der Waals surface area contributed by atoms with E-state index in [1.54, 1.807) is 7.05 Å². The van der Waals surface area contributed by atoms with Crippen LogP contribution in [0.4, 0.5) is 0 Å². The van der Waals surface area contributed by atoms with Crippen LogP contribution in [-0.4, -0.2) is 62.3 Å². The molecule has 0 aromatic rings. The number of aliphatic hydroxyl groups excluding tert-OH is 1. The fourth-order valence-corrected chi connectivity index (χ4v) is 2.56. The zero-order chi connectivity index (χ0) is 15.8. The Morgan fingerprint density at radius 1 is 1.10 bits per heavy atom. The monoisotopic (exact) mass is 310 g/mol. The second-order valence-electron chi connectivity index (χ2n) is 6.15. The fraction of sp³-hybridized carbons (Fsp3) is 0.923. The number of aliphatic hydroxyl groups is 1. The maximum atomic E-state index is 10.0. The minimum absolute atomic E-state index is 0.0698. The molecule has 0 bridgehead atoms. The first-order valence-corrected chi connectivity index (χ1v) is 8.60. The Kier molecular flexibility index (Phi) is 9.18. The smallest absolute Gasteiger partial charge is 0.248 e. The largest absolute Gasteiger partial charge is 0.395 e. The predicted octanol–water partition coefficient (Wildman–Crippen LogP) is 0.811. The second kappa shape index (κ2) is 9.15. The average molecular weight is 310 g/mol. The van der Waals surface area contributed by atoms with Crippen LogP contribution in [0, 0.1) is 5.41 Å². The summed E-state index contributed by atoms with van der Waals surface area (Å²) < 4.78 is 10.7. The fourth-order valence-electron chi connectivity index (χ4n) is 1.66. The summed E-state index contributed by atoms with van der Waals surface area (Å²) in [5.41, 5.74) is 0.170. The average Bonchev–Trinajstić information content (AvgIpc) is 2.34. The molecule has 7 heteroatoms. The molecule has 0 saturated heterocycles. The van der Waals surface area contributed by atoms with Crippen molar-refractivity contribution in [1.29, 1.82) is 0 Å². The molecule has 20 heavy (non-hydrogen) atoms. The van der Waals surface area contributed by atoms with Crippen LogP contribution in [0.25, 0.3) is 0 Å². The normalized spacial score (nSPS) is 18.6. The molecule has 0 fully saturated rings. The van der Waals surface area contributed by atoms with Gasteiger partial charge in [0.15, 0.2) is 0 Å². The first kappa shape index (κ1) is 20.1. The highest BCUT2D eigenvalue weighted by atomic mass is 31.2. The summed E-state index contributed by atoms with van der Waals surface area (Å²) in [6.07, 6.45) is 4.51. The van der Waals surface area contributed by atoms with Crippen molar-refractivity contribution in [3.05, 3.63) is 0 Å². The molecule has 0 radical (unpaired) electrons. The molecule has 0 rings (SSSR count). The van der Waals surface area contributed by atoms with Crippen LogP contribution < -0.4 is 10.6 Å². The molecule has 0 saturated carbocycles. The van der Waals surface area contributed by atoms with Gasteiger partial charge in [0.05, 0.1) is 25.9 Å². The summed E-state index contributed by atoms with van der Waals surface area (Å²) >= 11 is 0. The lowest BCUT2D eigenvalue weighted by atomic mass is 9.88. The van der Waals surface area contributed by atoms with Gasteiger partial charge in [-0.1, -0.05) is 20.8 Å². The van der Waals surface area contributed by atoms with Crippen molar-refractivity contribution >= 4 is 13.9 Å². The highest BCUT2D eigenvalue weighted by Gasteiger charge is 2.21. The summed E-state index contributed by atoms with van der Waals surface area (Å²) in [7, 11) is 0.483. The van der Waals surface area contributed by atoms with Crippen molar-refractivity contribution in [1.82, 2.24) is 10.6 Å². The number of rotatable bonds is 10. The van der Waals surface area contributed by atoms with Crippen molar-refractivity contribution in [2.45, 2.75) is 39.3 Å². The first-order chi connectivity index (χ1) is 9.13. The van der Waals surface area contributed by atoms with Crippen molar-refractivity contribution in [3.8, 4) is 0 Å². The Balaban J connectivity index is 4.22. The van der Waals surface area contributed by atoms with E-state index in [-0.39, 0.29) is 30.7 Å². The molecule has 0 amide bonds. The summed E-state index contributed by atoms with van der Waals surface area (Å²) in [6, 6.07) is -0.105. The van der Waals surface area contributed by atoms with Crippen LogP contribution in [0.1, 0.15) is 27.2 Å². The van der Waals surface area contributed by atoms with Crippen LogP contribution in [0.15, 0.2) is 0 Å². The van der Waals surface area contributed by atoms with Gasteiger partial charge < -0.3 is 29.7 Å². The number of nitrogens with one attached hydrogen (secondary N) is 2. The summed E-state index contributed by atoms with van der Waals surface area (Å²) in [6.45, 7) is 6.88. The molecule has 0 aromatic heterocycles. The molecule has 3 atom stereocenters. The lowest BCUT2D eigenvalue weighted by molar-refractivity contribution is 0.139. The lowest BCUT2D eigenvalue weighted by Crippen LogP contribution is -2.35.